The molecule has 0 spiro atoms. The van der Waals surface area contributed by atoms with E-state index >= 15 is 0 Å². The SMILES string of the molecule is Cc1ccc(S(=O)(=O)NC(=O)CC[C@H]2NC(=O)C[C@@H](C=CCCSC(c3ccccc3)(c3ccccc3)c3ccccc3)OC(=O)CNC(=O)[C@@H](C(C)C)NC(=O)[C@@H](CSC(c3ccccc3)(c3ccccc3)c3ccccc3)NC2=O)cc1. The second-order valence-electron chi connectivity index (χ2n) is 20.7. The van der Waals surface area contributed by atoms with Crippen LogP contribution >= 0.6 is 23.5 Å². The van der Waals surface area contributed by atoms with Gasteiger partial charge in [0.1, 0.15) is 30.8 Å². The number of aryl methyl sites for hydroxylation is 1. The van der Waals surface area contributed by atoms with Crippen LogP contribution in [-0.4, -0.2) is 86.2 Å². The van der Waals surface area contributed by atoms with Crippen molar-refractivity contribution in [3.8, 4) is 0 Å². The summed E-state index contributed by atoms with van der Waals surface area (Å²) in [6.45, 7) is 4.65. The van der Waals surface area contributed by atoms with Crippen LogP contribution < -0.4 is 26.0 Å². The number of carbonyl (C=O) groups is 6. The summed E-state index contributed by atoms with van der Waals surface area (Å²) < 4.78 is 33.1. The van der Waals surface area contributed by atoms with E-state index in [9.17, 15) is 37.2 Å². The number of carbonyl (C=O) groups excluding carboxylic acids is 6. The molecule has 1 saturated heterocycles. The average molecular weight is 1180 g/mol. The molecule has 434 valence electrons. The third-order valence-corrected chi connectivity index (χ3v) is 19.0. The standard InChI is InChI=1S/C67H69N5O9S3/c1-47(2)62-65(78)68-45-61(75)81-55(36-22-23-43-82-66(49-24-10-4-11-25-49,50-26-12-5-13-27-50)51-28-14-6-15-29-51)44-60(74)69-57(41-42-59(73)72-84(79,80)56-39-37-48(3)38-40-56)63(76)70-58(64(77)71-62)46-83-67(52-30-16-7-17-31-52,53-32-18-8-19-33-53)54-34-20-9-21-35-54/h4-22,24-40,47,55,57-58,62H,23,41-46H2,1-3H3,(H,68,78)(H,69,74)(H,70,76)(H,71,77)(H,72,73)/t55-,57-,58-,62-/m1/s1. The van der Waals surface area contributed by atoms with Crippen molar-refractivity contribution in [2.24, 2.45) is 5.92 Å². The van der Waals surface area contributed by atoms with Gasteiger partial charge in [0.25, 0.3) is 10.0 Å². The first-order valence-corrected chi connectivity index (χ1v) is 31.3. The van der Waals surface area contributed by atoms with Crippen molar-refractivity contribution in [2.45, 2.75) is 85.1 Å². The molecule has 1 heterocycles. The molecule has 0 radical (unpaired) electrons. The molecule has 5 N–H and O–H groups in total. The Labute approximate surface area is 500 Å². The zero-order valence-corrected chi connectivity index (χ0v) is 49.5. The van der Waals surface area contributed by atoms with Gasteiger partial charge in [-0.3, -0.25) is 28.8 Å². The number of cyclic esters (lactones) is 1. The molecule has 1 aliphatic heterocycles. The van der Waals surface area contributed by atoms with E-state index in [1.807, 2.05) is 152 Å². The van der Waals surface area contributed by atoms with Gasteiger partial charge >= 0.3 is 5.97 Å². The van der Waals surface area contributed by atoms with Gasteiger partial charge in [0.15, 0.2) is 0 Å². The summed E-state index contributed by atoms with van der Waals surface area (Å²) in [4.78, 5) is 85.5. The zero-order valence-electron chi connectivity index (χ0n) is 47.0. The summed E-state index contributed by atoms with van der Waals surface area (Å²) >= 11 is 3.10. The van der Waals surface area contributed by atoms with Crippen LogP contribution in [0.15, 0.2) is 223 Å². The number of allylic oxidation sites excluding steroid dienone is 1. The van der Waals surface area contributed by atoms with Crippen molar-refractivity contribution >= 4 is 69.1 Å². The second kappa shape index (κ2) is 29.3. The predicted octanol–water partition coefficient (Wildman–Crippen LogP) is 9.52. The first-order chi connectivity index (χ1) is 40.6. The van der Waals surface area contributed by atoms with E-state index < -0.39 is 111 Å². The van der Waals surface area contributed by atoms with E-state index in [-0.39, 0.29) is 10.6 Å². The molecular weight excluding hydrogens is 1110 g/mol. The molecule has 8 rings (SSSR count). The monoisotopic (exact) mass is 1180 g/mol. The molecule has 7 aromatic carbocycles. The largest absolute Gasteiger partial charge is 0.456 e. The van der Waals surface area contributed by atoms with E-state index in [2.05, 4.69) is 62.4 Å². The smallest absolute Gasteiger partial charge is 0.326 e. The number of thioether (sulfide) groups is 2. The number of hydrogen-bond acceptors (Lipinski definition) is 11. The normalized spacial score (nSPS) is 17.8. The topological polar surface area (TPSA) is 206 Å². The van der Waals surface area contributed by atoms with Gasteiger partial charge in [0.2, 0.25) is 29.5 Å². The van der Waals surface area contributed by atoms with E-state index in [4.69, 9.17) is 4.74 Å². The predicted molar refractivity (Wildman–Crippen MR) is 331 cm³/mol. The zero-order chi connectivity index (χ0) is 59.5. The van der Waals surface area contributed by atoms with E-state index in [0.29, 0.717) is 12.2 Å². The Balaban J connectivity index is 1.10. The molecule has 14 nitrogen and oxygen atoms in total. The summed E-state index contributed by atoms with van der Waals surface area (Å²) in [5, 5.41) is 11.0. The number of nitrogens with one attached hydrogen (secondary N) is 5. The van der Waals surface area contributed by atoms with Crippen LogP contribution in [0.3, 0.4) is 0 Å². The lowest BCUT2D eigenvalue weighted by Crippen LogP contribution is -2.59. The van der Waals surface area contributed by atoms with Gasteiger partial charge in [0.05, 0.1) is 20.8 Å². The maximum absolute atomic E-state index is 15.0. The number of benzene rings is 7. The minimum Gasteiger partial charge on any atom is -0.456 e. The average Bonchev–Trinajstić information content (AvgIpc) is 1.52. The Bertz CT molecular complexity index is 3280. The summed E-state index contributed by atoms with van der Waals surface area (Å²) in [7, 11) is -4.33. The summed E-state index contributed by atoms with van der Waals surface area (Å²) in [6, 6.07) is 61.6. The summed E-state index contributed by atoms with van der Waals surface area (Å²) in [5.74, 6) is -4.92. The first kappa shape index (κ1) is 61.8. The first-order valence-electron chi connectivity index (χ1n) is 27.9. The van der Waals surface area contributed by atoms with Crippen LogP contribution in [0.5, 0.6) is 0 Å². The van der Waals surface area contributed by atoms with E-state index in [1.165, 1.54) is 23.9 Å². The van der Waals surface area contributed by atoms with Crippen LogP contribution in [0.25, 0.3) is 0 Å². The Hall–Kier alpha value is -8.25. The number of amides is 5. The number of esters is 1. The van der Waals surface area contributed by atoms with Gasteiger partial charge in [-0.25, -0.2) is 13.1 Å². The van der Waals surface area contributed by atoms with E-state index in [1.54, 1.807) is 50.7 Å². The Morgan fingerprint density at radius 3 is 1.49 bits per heavy atom. The minimum absolute atomic E-state index is 0.0979. The van der Waals surface area contributed by atoms with Crippen LogP contribution in [0, 0.1) is 12.8 Å². The molecular formula is C67H69N5O9S3. The summed E-state index contributed by atoms with van der Waals surface area (Å²) in [6.07, 6.45) is 1.20. The van der Waals surface area contributed by atoms with Crippen LogP contribution in [0.1, 0.15) is 78.5 Å². The second-order valence-corrected chi connectivity index (χ2v) is 24.9. The van der Waals surface area contributed by atoms with Gasteiger partial charge in [-0.2, -0.15) is 0 Å². The fourth-order valence-electron chi connectivity index (χ4n) is 10.1. The maximum atomic E-state index is 15.0. The van der Waals surface area contributed by atoms with Crippen molar-refractivity contribution in [2.75, 3.05) is 18.1 Å². The van der Waals surface area contributed by atoms with Gasteiger partial charge < -0.3 is 26.0 Å². The third kappa shape index (κ3) is 15.7. The van der Waals surface area contributed by atoms with Crippen LogP contribution in [-0.2, 0) is 53.0 Å². The molecule has 1 aliphatic rings. The molecule has 1 fully saturated rings. The van der Waals surface area contributed by atoms with Gasteiger partial charge in [-0.05, 0) is 83.0 Å². The lowest BCUT2D eigenvalue weighted by atomic mass is 9.84. The Morgan fingerprint density at radius 1 is 0.595 bits per heavy atom. The molecule has 0 unspecified atom stereocenters. The Morgan fingerprint density at radius 2 is 1.04 bits per heavy atom. The highest BCUT2D eigenvalue weighted by Crippen LogP contribution is 2.50. The molecule has 17 heteroatoms. The Kier molecular flexibility index (Phi) is 21.6. The molecule has 0 saturated carbocycles. The van der Waals surface area contributed by atoms with Crippen molar-refractivity contribution in [1.82, 2.24) is 26.0 Å². The van der Waals surface area contributed by atoms with Crippen LogP contribution in [0.4, 0.5) is 0 Å². The quantitative estimate of drug-likeness (QED) is 0.0210. The van der Waals surface area contributed by atoms with Gasteiger partial charge in [-0.15, -0.1) is 23.5 Å². The van der Waals surface area contributed by atoms with Gasteiger partial charge in [0, 0.05) is 12.2 Å². The fraction of sp³-hybridized carbons (Fsp3) is 0.254. The van der Waals surface area contributed by atoms with Gasteiger partial charge in [-0.1, -0.05) is 220 Å². The maximum Gasteiger partial charge on any atom is 0.326 e. The van der Waals surface area contributed by atoms with Crippen LogP contribution in [0.2, 0.25) is 0 Å². The highest BCUT2D eigenvalue weighted by Gasteiger charge is 2.41. The highest BCUT2D eigenvalue weighted by atomic mass is 32.2. The molecule has 0 bridgehead atoms. The van der Waals surface area contributed by atoms with Crippen molar-refractivity contribution < 1.29 is 41.9 Å². The van der Waals surface area contributed by atoms with Crippen molar-refractivity contribution in [3.63, 3.8) is 0 Å². The number of sulfonamides is 1. The molecule has 7 aromatic rings. The molecule has 84 heavy (non-hydrogen) atoms. The fourth-order valence-corrected chi connectivity index (χ4v) is 14.1. The number of rotatable bonds is 20. The molecule has 0 aromatic heterocycles. The van der Waals surface area contributed by atoms with E-state index in [0.717, 1.165) is 38.9 Å². The summed E-state index contributed by atoms with van der Waals surface area (Å²) in [5.41, 5.74) is 6.66. The molecule has 5 amide bonds. The molecule has 4 atom stereocenters. The number of ether oxygens (including phenoxy) is 1. The van der Waals surface area contributed by atoms with Crippen molar-refractivity contribution in [3.05, 3.63) is 257 Å². The highest BCUT2D eigenvalue weighted by molar-refractivity contribution is 8.01. The molecule has 0 aliphatic carbocycles. The minimum atomic E-state index is -4.33. The lowest BCUT2D eigenvalue weighted by molar-refractivity contribution is -0.148. The third-order valence-electron chi connectivity index (χ3n) is 14.3. The van der Waals surface area contributed by atoms with Crippen molar-refractivity contribution in [1.29, 1.82) is 0 Å². The lowest BCUT2D eigenvalue weighted by Gasteiger charge is -2.37. The number of hydrogen-bond donors (Lipinski definition) is 5.